The van der Waals surface area contributed by atoms with Gasteiger partial charge in [0.25, 0.3) is 11.5 Å². The van der Waals surface area contributed by atoms with Crippen LogP contribution in [0.5, 0.6) is 5.75 Å². The summed E-state index contributed by atoms with van der Waals surface area (Å²) in [5.74, 6) is 1.67. The van der Waals surface area contributed by atoms with Crippen LogP contribution in [0.2, 0.25) is 0 Å². The molecule has 0 saturated carbocycles. The van der Waals surface area contributed by atoms with Gasteiger partial charge in [0.1, 0.15) is 34.2 Å². The first kappa shape index (κ1) is 20.9. The highest BCUT2D eigenvalue weighted by Gasteiger charge is 2.25. The highest BCUT2D eigenvalue weighted by atomic mass is 16.6. The third kappa shape index (κ3) is 4.38. The molecule has 0 radical (unpaired) electrons. The Kier molecular flexibility index (Phi) is 5.90. The molecule has 0 bridgehead atoms. The van der Waals surface area contributed by atoms with Crippen LogP contribution >= 0.6 is 0 Å². The molecule has 31 heavy (non-hydrogen) atoms. The first-order valence-corrected chi connectivity index (χ1v) is 10.1. The van der Waals surface area contributed by atoms with Crippen molar-refractivity contribution in [3.05, 3.63) is 62.7 Å². The fourth-order valence-corrected chi connectivity index (χ4v) is 3.81. The Labute approximate surface area is 178 Å². The zero-order valence-corrected chi connectivity index (χ0v) is 17.8. The molecule has 1 aliphatic heterocycles. The second kappa shape index (κ2) is 8.76. The number of rotatable bonds is 6. The largest absolute Gasteiger partial charge is 0.496 e. The van der Waals surface area contributed by atoms with E-state index in [-0.39, 0.29) is 23.8 Å². The molecular formula is C21H25N5O5. The monoisotopic (exact) mass is 427 g/mol. The Morgan fingerprint density at radius 3 is 2.74 bits per heavy atom. The summed E-state index contributed by atoms with van der Waals surface area (Å²) in [7, 11) is 1.45. The van der Waals surface area contributed by atoms with Gasteiger partial charge in [-0.15, -0.1) is 0 Å². The molecule has 10 heteroatoms. The van der Waals surface area contributed by atoms with E-state index in [2.05, 4.69) is 25.2 Å². The molecule has 0 fully saturated rings. The molecule has 3 aromatic rings. The summed E-state index contributed by atoms with van der Waals surface area (Å²) in [5, 5.41) is 10.3. The summed E-state index contributed by atoms with van der Waals surface area (Å²) in [5.41, 5.74) is 2.00. The normalized spacial score (nSPS) is 14.2. The van der Waals surface area contributed by atoms with E-state index >= 15 is 0 Å². The van der Waals surface area contributed by atoms with Crippen molar-refractivity contribution >= 4 is 5.91 Å². The van der Waals surface area contributed by atoms with Crippen LogP contribution in [0.3, 0.4) is 0 Å². The lowest BCUT2D eigenvalue weighted by molar-refractivity contribution is 0.0944. The van der Waals surface area contributed by atoms with Gasteiger partial charge >= 0.3 is 0 Å². The van der Waals surface area contributed by atoms with Crippen molar-refractivity contribution in [3.63, 3.8) is 0 Å². The maximum atomic E-state index is 13.1. The summed E-state index contributed by atoms with van der Waals surface area (Å²) in [4.78, 5) is 28.0. The van der Waals surface area contributed by atoms with Gasteiger partial charge < -0.3 is 19.0 Å². The molecule has 0 atom stereocenters. The Bertz CT molecular complexity index is 1150. The molecule has 0 spiro atoms. The first-order valence-electron chi connectivity index (χ1n) is 10.1. The van der Waals surface area contributed by atoms with Crippen LogP contribution in [0.1, 0.15) is 39.0 Å². The summed E-state index contributed by atoms with van der Waals surface area (Å²) < 4.78 is 17.4. The lowest BCUT2D eigenvalue weighted by atomic mass is 10.1. The number of hydrogen-bond donors (Lipinski definition) is 1. The standard InChI is InChI=1S/C21H25N5O5/c1-13-4-5-15(30-13)12-25-7-6-17-20(18(29-3)10-19(27)26(17)9-8-25)21(28)22-11-16-14(2)23-31-24-16/h4-5,10H,6-9,11-12H2,1-3H3,(H,22,28). The van der Waals surface area contributed by atoms with E-state index < -0.39 is 0 Å². The zero-order chi connectivity index (χ0) is 22.0. The Morgan fingerprint density at radius 2 is 2.06 bits per heavy atom. The van der Waals surface area contributed by atoms with Crippen molar-refractivity contribution in [1.29, 1.82) is 0 Å². The van der Waals surface area contributed by atoms with Crippen molar-refractivity contribution in [1.82, 2.24) is 25.1 Å². The minimum atomic E-state index is -0.335. The van der Waals surface area contributed by atoms with Crippen LogP contribution < -0.4 is 15.6 Å². The first-order chi connectivity index (χ1) is 15.0. The summed E-state index contributed by atoms with van der Waals surface area (Å²) >= 11 is 0. The average Bonchev–Trinajstić information content (AvgIpc) is 3.28. The summed E-state index contributed by atoms with van der Waals surface area (Å²) in [6, 6.07) is 5.26. The SMILES string of the molecule is COc1cc(=O)n2c(c1C(=O)NCc1nonc1C)CCN(Cc1ccc(C)o1)CC2. The van der Waals surface area contributed by atoms with Crippen LogP contribution in [0.15, 0.2) is 32.0 Å². The number of carbonyl (C=O) groups is 1. The number of methoxy groups -OCH3 is 1. The van der Waals surface area contributed by atoms with E-state index in [9.17, 15) is 9.59 Å². The number of aryl methyl sites for hydroxylation is 2. The van der Waals surface area contributed by atoms with E-state index in [1.807, 2.05) is 19.1 Å². The second-order valence-electron chi connectivity index (χ2n) is 7.54. The number of hydrogen-bond acceptors (Lipinski definition) is 8. The molecule has 3 aromatic heterocycles. The van der Waals surface area contributed by atoms with Crippen LogP contribution in [0, 0.1) is 13.8 Å². The highest BCUT2D eigenvalue weighted by molar-refractivity contribution is 5.98. The third-order valence-corrected chi connectivity index (χ3v) is 5.47. The van der Waals surface area contributed by atoms with Gasteiger partial charge in [-0.2, -0.15) is 0 Å². The molecule has 0 unspecified atom stereocenters. The van der Waals surface area contributed by atoms with Gasteiger partial charge in [-0.3, -0.25) is 14.5 Å². The second-order valence-corrected chi connectivity index (χ2v) is 7.54. The number of pyridine rings is 1. The number of ether oxygens (including phenoxy) is 1. The smallest absolute Gasteiger partial charge is 0.257 e. The van der Waals surface area contributed by atoms with Crippen molar-refractivity contribution in [2.75, 3.05) is 20.2 Å². The van der Waals surface area contributed by atoms with E-state index in [1.54, 1.807) is 11.5 Å². The average molecular weight is 427 g/mol. The number of fused-ring (bicyclic) bond motifs is 1. The van der Waals surface area contributed by atoms with Gasteiger partial charge in [0.05, 0.1) is 20.2 Å². The fourth-order valence-electron chi connectivity index (χ4n) is 3.81. The topological polar surface area (TPSA) is 116 Å². The van der Waals surface area contributed by atoms with E-state index in [4.69, 9.17) is 9.15 Å². The molecular weight excluding hydrogens is 402 g/mol. The number of amides is 1. The number of furan rings is 1. The molecule has 0 saturated heterocycles. The van der Waals surface area contributed by atoms with Crippen LogP contribution in [-0.2, 0) is 26.1 Å². The van der Waals surface area contributed by atoms with Gasteiger partial charge in [0.15, 0.2) is 0 Å². The van der Waals surface area contributed by atoms with Gasteiger partial charge in [-0.1, -0.05) is 10.3 Å². The quantitative estimate of drug-likeness (QED) is 0.628. The number of aromatic nitrogens is 3. The Hall–Kier alpha value is -3.40. The van der Waals surface area contributed by atoms with Crippen molar-refractivity contribution < 1.29 is 18.6 Å². The molecule has 10 nitrogen and oxygen atoms in total. The van der Waals surface area contributed by atoms with Crippen LogP contribution in [-0.4, -0.2) is 45.9 Å². The van der Waals surface area contributed by atoms with Crippen molar-refractivity contribution in [2.45, 2.75) is 39.9 Å². The highest BCUT2D eigenvalue weighted by Crippen LogP contribution is 2.23. The molecule has 4 heterocycles. The van der Waals surface area contributed by atoms with Gasteiger partial charge in [-0.25, -0.2) is 4.63 Å². The molecule has 1 aliphatic rings. The fraction of sp³-hybridized carbons (Fsp3) is 0.429. The molecule has 4 rings (SSSR count). The molecule has 164 valence electrons. The van der Waals surface area contributed by atoms with Crippen LogP contribution in [0.4, 0.5) is 0 Å². The maximum Gasteiger partial charge on any atom is 0.257 e. The predicted octanol–water partition coefficient (Wildman–Crippen LogP) is 1.44. The minimum Gasteiger partial charge on any atom is -0.496 e. The third-order valence-electron chi connectivity index (χ3n) is 5.47. The predicted molar refractivity (Wildman–Crippen MR) is 110 cm³/mol. The summed E-state index contributed by atoms with van der Waals surface area (Å²) in [6.07, 6.45) is 0.527. The maximum absolute atomic E-state index is 13.1. The van der Waals surface area contributed by atoms with E-state index in [0.29, 0.717) is 55.2 Å². The van der Waals surface area contributed by atoms with E-state index in [1.165, 1.54) is 13.2 Å². The lowest BCUT2D eigenvalue weighted by Crippen LogP contribution is -2.31. The van der Waals surface area contributed by atoms with Gasteiger partial charge in [0, 0.05) is 37.8 Å². The summed E-state index contributed by atoms with van der Waals surface area (Å²) in [6.45, 7) is 6.30. The van der Waals surface area contributed by atoms with E-state index in [0.717, 1.165) is 11.5 Å². The van der Waals surface area contributed by atoms with Crippen LogP contribution in [0.25, 0.3) is 0 Å². The molecule has 0 aromatic carbocycles. The number of nitrogens with zero attached hydrogens (tertiary/aromatic N) is 4. The van der Waals surface area contributed by atoms with Crippen molar-refractivity contribution in [2.24, 2.45) is 0 Å². The Morgan fingerprint density at radius 1 is 1.23 bits per heavy atom. The van der Waals surface area contributed by atoms with Crippen molar-refractivity contribution in [3.8, 4) is 5.75 Å². The van der Waals surface area contributed by atoms with Gasteiger partial charge in [-0.05, 0) is 26.0 Å². The number of carbonyl (C=O) groups excluding carboxylic acids is 1. The molecule has 1 amide bonds. The number of nitrogens with one attached hydrogen (secondary N) is 1. The Balaban J connectivity index is 1.58. The zero-order valence-electron chi connectivity index (χ0n) is 17.8. The molecule has 0 aliphatic carbocycles. The molecule has 1 N–H and O–H groups in total. The minimum absolute atomic E-state index is 0.167. The van der Waals surface area contributed by atoms with Gasteiger partial charge in [0.2, 0.25) is 0 Å². The lowest BCUT2D eigenvalue weighted by Gasteiger charge is -2.17.